The molecule has 0 aliphatic carbocycles. The maximum atomic E-state index is 12.5. The first-order valence-electron chi connectivity index (χ1n) is 23.1. The Morgan fingerprint density at radius 3 is 1.19 bits per heavy atom. The van der Waals surface area contributed by atoms with Crippen LogP contribution in [0.2, 0.25) is 0 Å². The van der Waals surface area contributed by atoms with Crippen LogP contribution >= 0.6 is 0 Å². The third kappa shape index (κ3) is 13.0. The second-order valence-corrected chi connectivity index (χ2v) is 18.3. The van der Waals surface area contributed by atoms with E-state index in [2.05, 4.69) is 10.6 Å². The van der Waals surface area contributed by atoms with Crippen molar-refractivity contribution < 1.29 is 154 Å². The largest absolute Gasteiger partial charge is 0.394 e. The average molecular weight is 1070 g/mol. The van der Waals surface area contributed by atoms with Gasteiger partial charge in [0, 0.05) is 13.8 Å². The standard InChI is InChI=1S/C40H68N2O31/c1-9(48)41-17-22(53)31(13(5-45)64-35(17)62)70-36-18(42-10(2)49)23(54)32(14(6-46)67-36)71-40-30(61)34(73-39-28(59)25(56)20(51)12(4-44)66-39)21(52)16(69-40)8-63-37-29(60)26(57)33(15(7-47)68-37)72-38-27(58)24(55)19(50)11(3-43)65-38/h11-40,43-47,50-62H,3-8H2,1-2H3,(H,41,48)(H,42,49)/t11-,12-,13-,14-,15-,16-,17-,18-,19-,20-,21-,22-,23-,24+,25+,26-,27+,28+,29+,30+,31-,32-,33-,34+,35-,36+,37-,38+,39-,40-/m1/s1. The number of carbonyl (C=O) groups is 2. The Morgan fingerprint density at radius 1 is 0.356 bits per heavy atom. The molecular weight excluding hydrogens is 1000 g/mol. The Morgan fingerprint density at radius 2 is 0.712 bits per heavy atom. The summed E-state index contributed by atoms with van der Waals surface area (Å²) in [4.78, 5) is 24.4. The first kappa shape index (κ1) is 60.0. The molecule has 33 heteroatoms. The first-order chi connectivity index (χ1) is 34.5. The minimum Gasteiger partial charge on any atom is -0.394 e. The minimum atomic E-state index is -2.26. The number of nitrogens with one attached hydrogen (secondary N) is 2. The fourth-order valence-corrected chi connectivity index (χ4v) is 9.22. The smallest absolute Gasteiger partial charge is 0.217 e. The van der Waals surface area contributed by atoms with Gasteiger partial charge in [-0.25, -0.2) is 0 Å². The van der Waals surface area contributed by atoms with Crippen LogP contribution in [0, 0.1) is 0 Å². The van der Waals surface area contributed by atoms with Crippen LogP contribution in [-0.2, 0) is 61.7 Å². The van der Waals surface area contributed by atoms with Crippen LogP contribution in [0.3, 0.4) is 0 Å². The second kappa shape index (κ2) is 26.0. The van der Waals surface area contributed by atoms with Gasteiger partial charge in [-0.15, -0.1) is 0 Å². The number of aliphatic hydroxyl groups excluding tert-OH is 18. The molecule has 33 nitrogen and oxygen atoms in total. The Labute approximate surface area is 413 Å². The highest BCUT2D eigenvalue weighted by molar-refractivity contribution is 5.73. The van der Waals surface area contributed by atoms with Crippen LogP contribution in [0.4, 0.5) is 0 Å². The molecule has 20 N–H and O–H groups in total. The van der Waals surface area contributed by atoms with Crippen molar-refractivity contribution >= 4 is 11.8 Å². The molecule has 6 fully saturated rings. The zero-order valence-electron chi connectivity index (χ0n) is 38.9. The van der Waals surface area contributed by atoms with Gasteiger partial charge in [-0.2, -0.15) is 0 Å². The fraction of sp³-hybridized carbons (Fsp3) is 0.950. The van der Waals surface area contributed by atoms with Gasteiger partial charge in [-0.3, -0.25) is 9.59 Å². The number of carbonyl (C=O) groups excluding carboxylic acids is 2. The van der Waals surface area contributed by atoms with Crippen molar-refractivity contribution in [1.82, 2.24) is 10.6 Å². The zero-order chi connectivity index (χ0) is 53.9. The summed E-state index contributed by atoms with van der Waals surface area (Å²) in [5.41, 5.74) is 0. The third-order valence-corrected chi connectivity index (χ3v) is 13.2. The predicted octanol–water partition coefficient (Wildman–Crippen LogP) is -13.8. The summed E-state index contributed by atoms with van der Waals surface area (Å²) in [6.07, 6.45) is -53.1. The molecule has 0 spiro atoms. The molecule has 0 bridgehead atoms. The highest BCUT2D eigenvalue weighted by Crippen LogP contribution is 2.36. The maximum Gasteiger partial charge on any atom is 0.217 e. The monoisotopic (exact) mass is 1070 g/mol. The van der Waals surface area contributed by atoms with Gasteiger partial charge < -0.3 is 155 Å². The van der Waals surface area contributed by atoms with Crippen molar-refractivity contribution in [3.63, 3.8) is 0 Å². The Kier molecular flexibility index (Phi) is 21.3. The van der Waals surface area contributed by atoms with E-state index in [1.807, 2.05) is 0 Å². The predicted molar refractivity (Wildman–Crippen MR) is 222 cm³/mol. The van der Waals surface area contributed by atoms with Crippen molar-refractivity contribution in [3.8, 4) is 0 Å². The van der Waals surface area contributed by atoms with Crippen molar-refractivity contribution in [2.75, 3.05) is 39.6 Å². The molecule has 6 aliphatic heterocycles. The highest BCUT2D eigenvalue weighted by atomic mass is 16.8. The average Bonchev–Trinajstić information content (AvgIpc) is 3.35. The summed E-state index contributed by atoms with van der Waals surface area (Å²) < 4.78 is 62.4. The number of hydrogen-bond acceptors (Lipinski definition) is 31. The van der Waals surface area contributed by atoms with Gasteiger partial charge in [0.2, 0.25) is 11.8 Å². The van der Waals surface area contributed by atoms with Gasteiger partial charge in [0.05, 0.1) is 39.6 Å². The van der Waals surface area contributed by atoms with Crippen LogP contribution in [0.1, 0.15) is 13.8 Å². The lowest BCUT2D eigenvalue weighted by molar-refractivity contribution is -0.386. The molecule has 6 heterocycles. The van der Waals surface area contributed by atoms with E-state index in [0.717, 1.165) is 13.8 Å². The highest BCUT2D eigenvalue weighted by Gasteiger charge is 2.57. The third-order valence-electron chi connectivity index (χ3n) is 13.2. The SMILES string of the molecule is CC(=O)N[C@@H]1[C@@H](O)[C@H](O[C@@H]2O[C@H](CO)[C@@H](O[C@H]3O[C@H](CO[C@@H]4O[C@H](CO)[C@@H](O[C@@H]5O[C@H](CO)[C@@H](O)[C@H](O)[C@@H]5O)[C@H](O)[C@@H]4O)[C@@H](O)[C@H](O[C@H]4O[C@H](CO)[C@@H](O)[C@H](O)[C@@H]4O)[C@@H]3O)[C@H](O)[C@H]2NC(C)=O)[C@@H](CO)O[C@H]1O. The summed E-state index contributed by atoms with van der Waals surface area (Å²) >= 11 is 0. The first-order valence-corrected chi connectivity index (χ1v) is 23.1. The summed E-state index contributed by atoms with van der Waals surface area (Å²) in [6.45, 7) is -3.57. The summed E-state index contributed by atoms with van der Waals surface area (Å²) in [5, 5.41) is 197. The van der Waals surface area contributed by atoms with Crippen molar-refractivity contribution in [2.45, 2.75) is 198 Å². The molecule has 0 aromatic rings. The normalized spacial score (nSPS) is 49.8. The van der Waals surface area contributed by atoms with Crippen molar-refractivity contribution in [3.05, 3.63) is 0 Å². The Balaban J connectivity index is 1.24. The lowest BCUT2D eigenvalue weighted by Gasteiger charge is -2.50. The van der Waals surface area contributed by atoms with Gasteiger partial charge in [-0.1, -0.05) is 0 Å². The van der Waals surface area contributed by atoms with E-state index in [1.165, 1.54) is 0 Å². The quantitative estimate of drug-likeness (QED) is 0.0606. The topological polar surface area (TPSA) is 524 Å². The summed E-state index contributed by atoms with van der Waals surface area (Å²) in [5.74, 6) is -1.55. The number of ether oxygens (including phenoxy) is 11. The number of hydrogen-bond donors (Lipinski definition) is 20. The van der Waals surface area contributed by atoms with Crippen LogP contribution in [-0.4, -0.2) is 327 Å². The van der Waals surface area contributed by atoms with Gasteiger partial charge in [0.15, 0.2) is 37.7 Å². The molecule has 424 valence electrons. The fourth-order valence-electron chi connectivity index (χ4n) is 9.22. The van der Waals surface area contributed by atoms with E-state index < -0.39 is 236 Å². The van der Waals surface area contributed by atoms with E-state index in [-0.39, 0.29) is 0 Å². The van der Waals surface area contributed by atoms with Crippen molar-refractivity contribution in [1.29, 1.82) is 0 Å². The van der Waals surface area contributed by atoms with Crippen LogP contribution in [0.25, 0.3) is 0 Å². The molecule has 73 heavy (non-hydrogen) atoms. The molecule has 30 atom stereocenters. The number of rotatable bonds is 18. The Bertz CT molecular complexity index is 1740. The lowest BCUT2D eigenvalue weighted by Crippen LogP contribution is -2.70. The van der Waals surface area contributed by atoms with E-state index in [1.54, 1.807) is 0 Å². The molecular formula is C40H68N2O31. The van der Waals surface area contributed by atoms with Crippen molar-refractivity contribution in [2.24, 2.45) is 0 Å². The Hall–Kier alpha value is -2.22. The van der Waals surface area contributed by atoms with Crippen LogP contribution in [0.5, 0.6) is 0 Å². The molecule has 6 aliphatic rings. The molecule has 0 saturated carbocycles. The lowest BCUT2D eigenvalue weighted by atomic mass is 9.94. The van der Waals surface area contributed by atoms with Gasteiger partial charge in [-0.05, 0) is 0 Å². The maximum absolute atomic E-state index is 12.5. The van der Waals surface area contributed by atoms with Crippen LogP contribution in [0.15, 0.2) is 0 Å². The molecule has 6 saturated heterocycles. The minimum absolute atomic E-state index is 0.715. The van der Waals surface area contributed by atoms with Gasteiger partial charge in [0.25, 0.3) is 0 Å². The zero-order valence-corrected chi connectivity index (χ0v) is 38.9. The second-order valence-electron chi connectivity index (χ2n) is 18.3. The molecule has 6 rings (SSSR count). The van der Waals surface area contributed by atoms with Crippen LogP contribution < -0.4 is 10.6 Å². The van der Waals surface area contributed by atoms with Gasteiger partial charge in [0.1, 0.15) is 146 Å². The molecule has 0 unspecified atom stereocenters. The van der Waals surface area contributed by atoms with E-state index in [9.17, 15) is 102 Å². The van der Waals surface area contributed by atoms with E-state index >= 15 is 0 Å². The summed E-state index contributed by atoms with van der Waals surface area (Å²) in [6, 6.07) is -3.28. The van der Waals surface area contributed by atoms with E-state index in [0.29, 0.717) is 0 Å². The van der Waals surface area contributed by atoms with E-state index in [4.69, 9.17) is 52.1 Å². The molecule has 0 aromatic heterocycles. The molecule has 0 radical (unpaired) electrons. The number of amides is 2. The number of aliphatic hydroxyl groups is 18. The summed E-state index contributed by atoms with van der Waals surface area (Å²) in [7, 11) is 0. The van der Waals surface area contributed by atoms with Gasteiger partial charge >= 0.3 is 0 Å². The molecule has 0 aromatic carbocycles. The molecule has 2 amide bonds.